The van der Waals surface area contributed by atoms with Gasteiger partial charge in [-0.25, -0.2) is 10.5 Å². The maximum absolute atomic E-state index is 11.5. The highest BCUT2D eigenvalue weighted by atomic mass is 28.5. The smallest absolute Gasteiger partial charge is 0.416 e. The van der Waals surface area contributed by atoms with Crippen LogP contribution < -0.4 is 11.5 Å². The van der Waals surface area contributed by atoms with Gasteiger partial charge in [-0.1, -0.05) is 210 Å². The standard InChI is InChI=1S/C28H66O8Si6.C26H60O3Si3.C19H42O8Si3.C17H36O3.2C5H15NSi.2C2H6.2CH5N.H2O3/c1-21-27(8)23(3)25(5)28(9)24(4)22(2)26(6,7)29-40(19,32-37(10,11)12)35-42(31-28,34-39(16,17)18)36-41(20,30-27)33-38(13,14)15;1-19-25(8,28-31(13,14)15)21(3)23(5)26(9,29-32(16,17)18)22(4)20(2)24(6,7)27-30(10,11)12;1-12-18(8)14(3)16(5)19(9)15(4)13(2)17(6,7)23-28(10,20)26-30(22,25-19)27-29(11,21)24-18;1-10-16(8,19)12(3)14(5)17(9,20)13(4)11(2)15(6,7)18;2*1-6(2)7(3,4)5;4*1-2;1-3-2/h22-25H,21H2,1-20H3;20-23H,19H2,1-18H3;13-16,20-22H,12H2,1-11H3;11-14,18-20H,10H2,1-9H3;2*1-5H3;2*1-2H3;2*2H2,1H3;1-2H. The van der Waals surface area contributed by atoms with Gasteiger partial charge in [0.15, 0.2) is 49.9 Å². The van der Waals surface area contributed by atoms with Crippen molar-refractivity contribution in [1.82, 2.24) is 9.13 Å². The number of nitrogens with zero attached hydrogens (tertiary/aromatic N) is 2. The van der Waals surface area contributed by atoms with Crippen LogP contribution in [0.25, 0.3) is 0 Å². The largest absolute Gasteiger partial charge is 0.662 e. The molecule has 4 aliphatic rings. The van der Waals surface area contributed by atoms with Gasteiger partial charge < -0.3 is 119 Å². The van der Waals surface area contributed by atoms with Crippen molar-refractivity contribution in [3.05, 3.63) is 0 Å². The van der Waals surface area contributed by atoms with E-state index in [-0.39, 0.29) is 87.8 Å². The van der Waals surface area contributed by atoms with Gasteiger partial charge in [0.05, 0.1) is 67.2 Å². The second-order valence-electron chi connectivity index (χ2n) is 55.6. The molecule has 0 aromatic heterocycles. The van der Waals surface area contributed by atoms with E-state index in [9.17, 15) is 29.7 Å². The van der Waals surface area contributed by atoms with E-state index in [4.69, 9.17) is 79.2 Å². The van der Waals surface area contributed by atoms with Crippen molar-refractivity contribution in [1.29, 1.82) is 0 Å². The summed E-state index contributed by atoms with van der Waals surface area (Å²) in [5.41, 5.74) is 1.73. The molecule has 43 heteroatoms. The first-order chi connectivity index (χ1) is 65.4. The van der Waals surface area contributed by atoms with Crippen LogP contribution in [0.4, 0.5) is 0 Å². The molecular weight excluding hydrogens is 2120 g/mol. The molecule has 0 aromatic carbocycles. The van der Waals surface area contributed by atoms with Crippen LogP contribution in [0.2, 0.25) is 183 Å². The molecule has 4 aliphatic heterocycles. The second-order valence-corrected chi connectivity index (χ2v) is 108. The molecule has 12 N–H and O–H groups in total. The summed E-state index contributed by atoms with van der Waals surface area (Å²) >= 11 is 0. The quantitative estimate of drug-likeness (QED) is 0.0181. The minimum absolute atomic E-state index is 0.0287. The zero-order valence-electron chi connectivity index (χ0n) is 112. The Morgan fingerprint density at radius 1 is 0.342 bits per heavy atom. The van der Waals surface area contributed by atoms with Gasteiger partial charge in [-0.15, -0.1) is 0 Å². The number of nitrogens with two attached hydrogens (primary N) is 2. The van der Waals surface area contributed by atoms with Crippen molar-refractivity contribution in [3.63, 3.8) is 0 Å². The summed E-state index contributed by atoms with van der Waals surface area (Å²) in [7, 11) is -25.4. The molecule has 4 bridgehead atoms. The lowest BCUT2D eigenvalue weighted by atomic mass is 9.64. The number of rotatable bonds is 30. The Kier molecular flexibility index (Phi) is 67.3. The maximum Gasteiger partial charge on any atom is 0.662 e. The molecule has 29 nitrogen and oxygen atoms in total. The summed E-state index contributed by atoms with van der Waals surface area (Å²) in [4.78, 5) is 33.5. The highest BCUT2D eigenvalue weighted by Gasteiger charge is 2.72. The van der Waals surface area contributed by atoms with Crippen LogP contribution in [0.5, 0.6) is 0 Å². The van der Waals surface area contributed by atoms with Crippen LogP contribution in [-0.4, -0.2) is 279 Å². The zero-order chi connectivity index (χ0) is 122. The van der Waals surface area contributed by atoms with E-state index in [1.807, 2.05) is 124 Å². The van der Waals surface area contributed by atoms with Gasteiger partial charge in [-0.05, 0) is 391 Å². The Hall–Kier alpha value is 1.88. The van der Waals surface area contributed by atoms with E-state index >= 15 is 0 Å². The predicted octanol–water partition coefficient (Wildman–Crippen LogP) is 27.3. The second kappa shape index (κ2) is 61.3. The normalized spacial score (nSPS) is 33.2. The van der Waals surface area contributed by atoms with Gasteiger partial charge in [0, 0.05) is 26.2 Å². The fraction of sp³-hybridized carbons (Fsp3) is 1.00. The van der Waals surface area contributed by atoms with Gasteiger partial charge in [0.2, 0.25) is 0 Å². The molecule has 4 fully saturated rings. The van der Waals surface area contributed by atoms with Crippen molar-refractivity contribution in [2.24, 2.45) is 106 Å². The van der Waals surface area contributed by atoms with Crippen molar-refractivity contribution in [3.8, 4) is 0 Å². The highest BCUT2D eigenvalue weighted by molar-refractivity contribution is 6.89. The molecule has 0 amide bonds. The van der Waals surface area contributed by atoms with E-state index in [1.54, 1.807) is 13.8 Å². The van der Waals surface area contributed by atoms with E-state index in [1.165, 1.54) is 27.2 Å². The first-order valence-corrected chi connectivity index (χ1v) is 96.0. The van der Waals surface area contributed by atoms with Gasteiger partial charge in [0.25, 0.3) is 0 Å². The van der Waals surface area contributed by atoms with Gasteiger partial charge in [0.1, 0.15) is 16.5 Å². The molecule has 30 atom stereocenters. The minimum atomic E-state index is -4.57. The Morgan fingerprint density at radius 3 is 0.899 bits per heavy atom. The van der Waals surface area contributed by atoms with Crippen molar-refractivity contribution in [2.45, 2.75) is 553 Å². The topological polar surface area (TPSA) is 377 Å². The molecule has 0 aliphatic carbocycles. The first kappa shape index (κ1) is 164. The molecule has 0 aromatic rings. The number of hydrogen-bond acceptors (Lipinski definition) is 29. The Bertz CT molecular complexity index is 3680. The molecule has 0 spiro atoms. The van der Waals surface area contributed by atoms with E-state index in [0.717, 1.165) is 12.8 Å². The average molecular weight is 2380 g/mol. The molecular formula is C106H258N4O25Si14. The third kappa shape index (κ3) is 52.5. The fourth-order valence-corrected chi connectivity index (χ4v) is 56.2. The van der Waals surface area contributed by atoms with Crippen molar-refractivity contribution in [2.75, 3.05) is 42.3 Å². The lowest BCUT2D eigenvalue weighted by Crippen LogP contribution is -2.70. The fourth-order valence-electron chi connectivity index (χ4n) is 20.1. The molecule has 4 heterocycles. The lowest BCUT2D eigenvalue weighted by molar-refractivity contribution is -0.465. The van der Waals surface area contributed by atoms with Crippen LogP contribution in [0.1, 0.15) is 303 Å². The molecule has 4 saturated heterocycles. The summed E-state index contributed by atoms with van der Waals surface area (Å²) in [6.07, 6.45) is 3.13. The van der Waals surface area contributed by atoms with Gasteiger partial charge in [-0.2, -0.15) is 0 Å². The number of fused-ring (bicyclic) bond motifs is 4. The van der Waals surface area contributed by atoms with Crippen LogP contribution in [0.3, 0.4) is 0 Å². The summed E-state index contributed by atoms with van der Waals surface area (Å²) in [6, 6.07) is 0. The van der Waals surface area contributed by atoms with E-state index < -0.39 is 170 Å². The van der Waals surface area contributed by atoms with Gasteiger partial charge in [-0.3, -0.25) is 0 Å². The molecule has 0 radical (unpaired) electrons. The van der Waals surface area contributed by atoms with Crippen LogP contribution in [0, 0.1) is 94.7 Å². The lowest BCUT2D eigenvalue weighted by Gasteiger charge is -2.54. The molecule has 30 unspecified atom stereocenters. The molecule has 4 rings (SSSR count). The van der Waals surface area contributed by atoms with E-state index in [0.29, 0.717) is 36.5 Å². The van der Waals surface area contributed by atoms with Crippen LogP contribution in [0.15, 0.2) is 0 Å². The Balaban J connectivity index is -0.000000341. The highest BCUT2D eigenvalue weighted by Crippen LogP contribution is 2.56. The summed E-state index contributed by atoms with van der Waals surface area (Å²) in [6.45, 7) is 145. The summed E-state index contributed by atoms with van der Waals surface area (Å²) in [5, 5.41) is 47.1. The van der Waals surface area contributed by atoms with Crippen molar-refractivity contribution < 1.29 is 114 Å². The maximum atomic E-state index is 11.5. The van der Waals surface area contributed by atoms with Gasteiger partial charge >= 0.3 is 53.3 Å². The number of aliphatic hydroxyl groups is 3. The van der Waals surface area contributed by atoms with E-state index in [2.05, 4.69) is 363 Å². The first-order valence-electron chi connectivity index (χ1n) is 56.4. The molecule has 908 valence electrons. The number of hydrogen-bond donors (Lipinski definition) is 10. The Labute approximate surface area is 937 Å². The summed E-state index contributed by atoms with van der Waals surface area (Å²) < 4.78 is 113. The minimum Gasteiger partial charge on any atom is -0.416 e. The Morgan fingerprint density at radius 2 is 0.617 bits per heavy atom. The monoisotopic (exact) mass is 2380 g/mol. The third-order valence-electron chi connectivity index (χ3n) is 33.8. The third-order valence-corrected chi connectivity index (χ3v) is 68.7. The summed E-state index contributed by atoms with van der Waals surface area (Å²) in [5.74, 6) is 1.23. The van der Waals surface area contributed by atoms with Crippen LogP contribution in [-0.2, 0) is 73.7 Å². The van der Waals surface area contributed by atoms with Crippen LogP contribution >= 0.6 is 0 Å². The average Bonchev–Trinajstić information content (AvgIpc) is 1.61. The van der Waals surface area contributed by atoms with Crippen molar-refractivity contribution >= 4 is 120 Å². The SMILES string of the molecule is CC.CC.CCC(C)(O)C(C)C(C)C(C)(O)C(C)C(C)C(C)(C)O.CCC(C)(O[Si](C)(C)C)C(C)C(C)C(C)(O[Si](C)(C)C)C(C)C(C)C(C)(C)O[Si](C)(C)C.CCC1(C)O[Si](C)(O)O[Si]2(O)OC(C)(C(C)C(C)C(C)(C)O[Si](C)(O)O2)C(C)C1C.CCC1(C)O[Si](C)(O[Si](C)(C)C)O[Si]2(O[Si](C)(C)C)OC(C)(C(C)C(C)C(C)(C)O[Si](C)(O[Si](C)(C)C)O2)C(C)C1C.CN.CN.CN(C)[Si](C)(C)C.CN(C)[Si](C)(C)C.OOO. The molecule has 149 heavy (non-hydrogen) atoms. The molecule has 0 saturated carbocycles. The zero-order valence-corrected chi connectivity index (χ0v) is 126. The predicted molar refractivity (Wildman–Crippen MR) is 663 cm³/mol.